The molecule has 9 nitrogen and oxygen atoms in total. The molecule has 0 fully saturated rings. The van der Waals surface area contributed by atoms with E-state index in [0.717, 1.165) is 17.0 Å². The van der Waals surface area contributed by atoms with E-state index in [9.17, 15) is 9.59 Å². The smallest absolute Gasteiger partial charge is 0.340 e. The van der Waals surface area contributed by atoms with Crippen molar-refractivity contribution in [1.29, 1.82) is 0 Å². The molecule has 3 heterocycles. The van der Waals surface area contributed by atoms with Crippen LogP contribution in [0.15, 0.2) is 36.4 Å². The van der Waals surface area contributed by atoms with Crippen molar-refractivity contribution in [2.24, 2.45) is 7.05 Å². The number of para-hydroxylation sites is 1. The molecule has 2 aliphatic rings. The molecule has 3 aromatic rings. The number of aromatic nitrogens is 2. The summed E-state index contributed by atoms with van der Waals surface area (Å²) in [6.07, 6.45) is 0. The van der Waals surface area contributed by atoms with E-state index in [2.05, 4.69) is 10.4 Å². The summed E-state index contributed by atoms with van der Waals surface area (Å²) in [4.78, 5) is 25.3. The highest BCUT2D eigenvalue weighted by molar-refractivity contribution is 6.09. The van der Waals surface area contributed by atoms with Crippen LogP contribution in [-0.4, -0.2) is 35.6 Å². The fourth-order valence-electron chi connectivity index (χ4n) is 3.67. The zero-order valence-electron chi connectivity index (χ0n) is 16.2. The molecule has 2 aliphatic heterocycles. The van der Waals surface area contributed by atoms with Crippen molar-refractivity contribution in [3.8, 4) is 28.5 Å². The molecule has 0 radical (unpaired) electrons. The highest BCUT2D eigenvalue weighted by atomic mass is 16.7. The van der Waals surface area contributed by atoms with E-state index in [-0.39, 0.29) is 30.3 Å². The van der Waals surface area contributed by atoms with Gasteiger partial charge in [-0.15, -0.1) is 0 Å². The van der Waals surface area contributed by atoms with E-state index in [1.54, 1.807) is 11.7 Å². The molecule has 0 spiro atoms. The van der Waals surface area contributed by atoms with E-state index >= 15 is 0 Å². The molecular weight excluding hydrogens is 390 g/mol. The molecule has 0 unspecified atom stereocenters. The summed E-state index contributed by atoms with van der Waals surface area (Å²) in [6.45, 7) is 0.256. The number of hydrogen-bond donors (Lipinski definition) is 1. The highest BCUT2D eigenvalue weighted by Crippen LogP contribution is 2.40. The molecule has 30 heavy (non-hydrogen) atoms. The SMILES string of the molecule is COC(=O)c1cc2c(cc1NC(=O)c1nn(C)c3c1COc1ccccc1-3)OCO2. The summed E-state index contributed by atoms with van der Waals surface area (Å²) in [6, 6.07) is 10.6. The highest BCUT2D eigenvalue weighted by Gasteiger charge is 2.29. The van der Waals surface area contributed by atoms with E-state index < -0.39 is 11.9 Å². The van der Waals surface area contributed by atoms with Crippen LogP contribution in [0.2, 0.25) is 0 Å². The lowest BCUT2D eigenvalue weighted by Gasteiger charge is -2.18. The second kappa shape index (κ2) is 6.80. The lowest BCUT2D eigenvalue weighted by atomic mass is 10.0. The number of fused-ring (bicyclic) bond motifs is 4. The van der Waals surface area contributed by atoms with Gasteiger partial charge < -0.3 is 24.3 Å². The average Bonchev–Trinajstić information content (AvgIpc) is 3.36. The van der Waals surface area contributed by atoms with E-state index in [1.807, 2.05) is 24.3 Å². The third-order valence-electron chi connectivity index (χ3n) is 5.04. The van der Waals surface area contributed by atoms with Crippen molar-refractivity contribution >= 4 is 17.6 Å². The predicted octanol–water partition coefficient (Wildman–Crippen LogP) is 2.75. The summed E-state index contributed by atoms with van der Waals surface area (Å²) in [5.74, 6) is 0.498. The molecule has 0 atom stereocenters. The first-order chi connectivity index (χ1) is 14.6. The summed E-state index contributed by atoms with van der Waals surface area (Å²) >= 11 is 0. The maximum Gasteiger partial charge on any atom is 0.340 e. The maximum absolute atomic E-state index is 13.1. The number of esters is 1. The van der Waals surface area contributed by atoms with Crippen LogP contribution in [0, 0.1) is 0 Å². The minimum atomic E-state index is -0.607. The lowest BCUT2D eigenvalue weighted by molar-refractivity contribution is 0.0601. The van der Waals surface area contributed by atoms with E-state index in [0.29, 0.717) is 17.1 Å². The van der Waals surface area contributed by atoms with Gasteiger partial charge in [-0.05, 0) is 12.1 Å². The van der Waals surface area contributed by atoms with Crippen LogP contribution in [0.4, 0.5) is 5.69 Å². The Morgan fingerprint density at radius 1 is 1.10 bits per heavy atom. The van der Waals surface area contributed by atoms with Gasteiger partial charge in [0.1, 0.15) is 12.4 Å². The molecule has 5 rings (SSSR count). The van der Waals surface area contributed by atoms with Gasteiger partial charge in [0, 0.05) is 30.3 Å². The van der Waals surface area contributed by atoms with Gasteiger partial charge in [0.2, 0.25) is 6.79 Å². The number of rotatable bonds is 3. The van der Waals surface area contributed by atoms with Crippen LogP contribution in [0.1, 0.15) is 26.4 Å². The number of carbonyl (C=O) groups is 2. The van der Waals surface area contributed by atoms with Gasteiger partial charge in [0.25, 0.3) is 5.91 Å². The number of anilines is 1. The summed E-state index contributed by atoms with van der Waals surface area (Å²) in [5.41, 5.74) is 2.98. The summed E-state index contributed by atoms with van der Waals surface area (Å²) in [7, 11) is 3.04. The first-order valence-electron chi connectivity index (χ1n) is 9.18. The van der Waals surface area contributed by atoms with Crippen molar-refractivity contribution in [3.05, 3.63) is 53.2 Å². The average molecular weight is 407 g/mol. The number of methoxy groups -OCH3 is 1. The third-order valence-corrected chi connectivity index (χ3v) is 5.04. The van der Waals surface area contributed by atoms with Crippen molar-refractivity contribution in [3.63, 3.8) is 0 Å². The Labute approximate surface area is 171 Å². The predicted molar refractivity (Wildman–Crippen MR) is 105 cm³/mol. The molecule has 9 heteroatoms. The Kier molecular flexibility index (Phi) is 4.09. The molecule has 2 aromatic carbocycles. The Morgan fingerprint density at radius 2 is 1.87 bits per heavy atom. The molecule has 0 saturated heterocycles. The molecule has 1 N–H and O–H groups in total. The van der Waals surface area contributed by atoms with Gasteiger partial charge in [0.15, 0.2) is 17.2 Å². The van der Waals surface area contributed by atoms with Crippen LogP contribution < -0.4 is 19.5 Å². The van der Waals surface area contributed by atoms with Crippen LogP contribution in [0.3, 0.4) is 0 Å². The minimum Gasteiger partial charge on any atom is -0.488 e. The monoisotopic (exact) mass is 407 g/mol. The number of benzene rings is 2. The number of nitrogens with zero attached hydrogens (tertiary/aromatic N) is 2. The lowest BCUT2D eigenvalue weighted by Crippen LogP contribution is -2.18. The van der Waals surface area contributed by atoms with Crippen molar-refractivity contribution < 1.29 is 28.5 Å². The molecule has 152 valence electrons. The second-order valence-electron chi connectivity index (χ2n) is 6.78. The second-order valence-corrected chi connectivity index (χ2v) is 6.78. The van der Waals surface area contributed by atoms with Gasteiger partial charge in [-0.2, -0.15) is 5.10 Å². The number of hydrogen-bond acceptors (Lipinski definition) is 7. The zero-order chi connectivity index (χ0) is 20.8. The Hall–Kier alpha value is -4.01. The van der Waals surface area contributed by atoms with Crippen molar-refractivity contribution in [2.75, 3.05) is 19.2 Å². The van der Waals surface area contributed by atoms with Crippen molar-refractivity contribution in [2.45, 2.75) is 6.61 Å². The molecule has 0 saturated carbocycles. The summed E-state index contributed by atoms with van der Waals surface area (Å²) in [5, 5.41) is 7.16. The molecule has 0 bridgehead atoms. The molecular formula is C21H17N3O6. The Morgan fingerprint density at radius 3 is 2.67 bits per heavy atom. The first-order valence-corrected chi connectivity index (χ1v) is 9.18. The van der Waals surface area contributed by atoms with Crippen LogP contribution in [0.25, 0.3) is 11.3 Å². The number of ether oxygens (including phenoxy) is 4. The van der Waals surface area contributed by atoms with Gasteiger partial charge >= 0.3 is 5.97 Å². The van der Waals surface area contributed by atoms with Crippen LogP contribution in [-0.2, 0) is 18.4 Å². The molecule has 1 aromatic heterocycles. The molecule has 1 amide bonds. The minimum absolute atomic E-state index is 0.0395. The van der Waals surface area contributed by atoms with Gasteiger partial charge in [-0.25, -0.2) is 4.79 Å². The number of amides is 1. The zero-order valence-corrected chi connectivity index (χ0v) is 16.2. The van der Waals surface area contributed by atoms with Gasteiger partial charge in [-0.3, -0.25) is 9.48 Å². The van der Waals surface area contributed by atoms with E-state index in [4.69, 9.17) is 18.9 Å². The Bertz CT molecular complexity index is 1200. The van der Waals surface area contributed by atoms with Gasteiger partial charge in [0.05, 0.1) is 24.1 Å². The fourth-order valence-corrected chi connectivity index (χ4v) is 3.67. The largest absolute Gasteiger partial charge is 0.488 e. The first kappa shape index (κ1) is 18.0. The van der Waals surface area contributed by atoms with E-state index in [1.165, 1.54) is 19.2 Å². The van der Waals surface area contributed by atoms with Crippen molar-refractivity contribution in [1.82, 2.24) is 9.78 Å². The quantitative estimate of drug-likeness (QED) is 0.666. The number of carbonyl (C=O) groups excluding carboxylic acids is 2. The topological polar surface area (TPSA) is 101 Å². The van der Waals surface area contributed by atoms with Gasteiger partial charge in [-0.1, -0.05) is 12.1 Å². The number of aryl methyl sites for hydroxylation is 1. The number of nitrogens with one attached hydrogen (secondary N) is 1. The Balaban J connectivity index is 1.53. The third kappa shape index (κ3) is 2.74. The maximum atomic E-state index is 13.1. The van der Waals surface area contributed by atoms with Crippen LogP contribution >= 0.6 is 0 Å². The molecule has 0 aliphatic carbocycles. The standard InChI is InChI=1S/C21H17N3O6/c1-24-19-11-5-3-4-6-15(11)28-9-13(19)18(23-24)20(25)22-14-8-17-16(29-10-30-17)7-12(14)21(26)27-2/h3-8H,9-10H2,1-2H3,(H,22,25). The fraction of sp³-hybridized carbons (Fsp3) is 0.190. The normalized spacial score (nSPS) is 13.1. The summed E-state index contributed by atoms with van der Waals surface area (Å²) < 4.78 is 23.0. The van der Waals surface area contributed by atoms with Crippen LogP contribution in [0.5, 0.6) is 17.2 Å².